The van der Waals surface area contributed by atoms with Gasteiger partial charge in [0, 0.05) is 26.2 Å². The van der Waals surface area contributed by atoms with Crippen LogP contribution in [0.1, 0.15) is 21.5 Å². The fourth-order valence-corrected chi connectivity index (χ4v) is 2.26. The minimum atomic E-state index is -0.117. The lowest BCUT2D eigenvalue weighted by molar-refractivity contribution is 0.103. The number of halogens is 3. The molecule has 0 unspecified atom stereocenters. The molecule has 0 heterocycles. The smallest absolute Gasteiger partial charge is 0.193 e. The molecule has 92 valence electrons. The molecule has 18 heavy (non-hydrogen) atoms. The Morgan fingerprint density at radius 2 is 1.56 bits per heavy atom. The summed E-state index contributed by atoms with van der Waals surface area (Å²) < 4.78 is 0. The number of hydrogen-bond acceptors (Lipinski definition) is 1. The zero-order chi connectivity index (χ0) is 13.3. The molecule has 0 amide bonds. The van der Waals surface area contributed by atoms with E-state index in [2.05, 4.69) is 0 Å². The van der Waals surface area contributed by atoms with Crippen molar-refractivity contribution in [3.05, 3.63) is 68.2 Å². The molecule has 0 spiro atoms. The molecule has 0 aliphatic carbocycles. The van der Waals surface area contributed by atoms with Crippen molar-refractivity contribution in [2.24, 2.45) is 0 Å². The van der Waals surface area contributed by atoms with E-state index >= 15 is 0 Å². The maximum atomic E-state index is 12.3. The Bertz CT molecular complexity index is 603. The van der Waals surface area contributed by atoms with E-state index in [0.29, 0.717) is 26.2 Å². The van der Waals surface area contributed by atoms with E-state index in [1.54, 1.807) is 43.3 Å². The average Bonchev–Trinajstić information content (AvgIpc) is 2.34. The Hall–Kier alpha value is -1.02. The highest BCUT2D eigenvalue weighted by Gasteiger charge is 2.14. The standard InChI is InChI=1S/C14H9Cl3O/c1-8-12(6-11(16)7-13(8)17)14(18)9-2-4-10(15)5-3-9/h2-7H,1H3. The molecule has 1 nitrogen and oxygen atoms in total. The summed E-state index contributed by atoms with van der Waals surface area (Å²) in [5.74, 6) is -0.117. The van der Waals surface area contributed by atoms with Gasteiger partial charge in [-0.05, 0) is 48.9 Å². The maximum absolute atomic E-state index is 12.3. The lowest BCUT2D eigenvalue weighted by Gasteiger charge is -2.08. The van der Waals surface area contributed by atoms with Crippen LogP contribution in [0.3, 0.4) is 0 Å². The molecular weight excluding hydrogens is 291 g/mol. The molecule has 0 saturated carbocycles. The van der Waals surface area contributed by atoms with Crippen LogP contribution in [0.5, 0.6) is 0 Å². The van der Waals surface area contributed by atoms with Gasteiger partial charge in [-0.2, -0.15) is 0 Å². The number of carbonyl (C=O) groups excluding carboxylic acids is 1. The topological polar surface area (TPSA) is 17.1 Å². The van der Waals surface area contributed by atoms with Gasteiger partial charge in [-0.15, -0.1) is 0 Å². The van der Waals surface area contributed by atoms with E-state index in [-0.39, 0.29) is 5.78 Å². The second kappa shape index (κ2) is 5.31. The van der Waals surface area contributed by atoms with Crippen LogP contribution in [0, 0.1) is 6.92 Å². The number of hydrogen-bond donors (Lipinski definition) is 0. The molecule has 0 saturated heterocycles. The highest BCUT2D eigenvalue weighted by Crippen LogP contribution is 2.26. The normalized spacial score (nSPS) is 10.4. The third-order valence-electron chi connectivity index (χ3n) is 2.66. The van der Waals surface area contributed by atoms with Crippen LogP contribution in [0.25, 0.3) is 0 Å². The molecule has 0 N–H and O–H groups in total. The third-order valence-corrected chi connectivity index (χ3v) is 3.52. The molecule has 0 aliphatic heterocycles. The Morgan fingerprint density at radius 3 is 2.17 bits per heavy atom. The fourth-order valence-electron chi connectivity index (χ4n) is 1.64. The monoisotopic (exact) mass is 298 g/mol. The zero-order valence-electron chi connectivity index (χ0n) is 9.51. The van der Waals surface area contributed by atoms with Gasteiger partial charge < -0.3 is 0 Å². The molecular formula is C14H9Cl3O. The Kier molecular flexibility index (Phi) is 3.96. The van der Waals surface area contributed by atoms with Crippen LogP contribution in [-0.2, 0) is 0 Å². The lowest BCUT2D eigenvalue weighted by atomic mass is 9.99. The van der Waals surface area contributed by atoms with Crippen molar-refractivity contribution in [2.75, 3.05) is 0 Å². The van der Waals surface area contributed by atoms with Crippen LogP contribution < -0.4 is 0 Å². The van der Waals surface area contributed by atoms with E-state index in [9.17, 15) is 4.79 Å². The van der Waals surface area contributed by atoms with E-state index in [0.717, 1.165) is 5.56 Å². The van der Waals surface area contributed by atoms with Crippen LogP contribution in [0.4, 0.5) is 0 Å². The number of benzene rings is 2. The second-order valence-corrected chi connectivity index (χ2v) is 5.18. The minimum Gasteiger partial charge on any atom is -0.289 e. The van der Waals surface area contributed by atoms with Gasteiger partial charge in [0.1, 0.15) is 0 Å². The molecule has 0 fully saturated rings. The molecule has 2 rings (SSSR count). The van der Waals surface area contributed by atoms with Crippen molar-refractivity contribution in [1.82, 2.24) is 0 Å². The summed E-state index contributed by atoms with van der Waals surface area (Å²) in [5, 5.41) is 1.52. The summed E-state index contributed by atoms with van der Waals surface area (Å²) in [6.45, 7) is 1.79. The van der Waals surface area contributed by atoms with Gasteiger partial charge in [-0.25, -0.2) is 0 Å². The quantitative estimate of drug-likeness (QED) is 0.698. The Balaban J connectivity index is 2.49. The van der Waals surface area contributed by atoms with Gasteiger partial charge in [0.05, 0.1) is 0 Å². The number of rotatable bonds is 2. The molecule has 0 radical (unpaired) electrons. The van der Waals surface area contributed by atoms with Gasteiger partial charge in [0.15, 0.2) is 5.78 Å². The summed E-state index contributed by atoms with van der Waals surface area (Å²) in [4.78, 5) is 12.3. The maximum Gasteiger partial charge on any atom is 0.193 e. The van der Waals surface area contributed by atoms with Gasteiger partial charge >= 0.3 is 0 Å². The predicted molar refractivity (Wildman–Crippen MR) is 76.1 cm³/mol. The fraction of sp³-hybridized carbons (Fsp3) is 0.0714. The Morgan fingerprint density at radius 1 is 0.944 bits per heavy atom. The number of carbonyl (C=O) groups is 1. The van der Waals surface area contributed by atoms with Crippen molar-refractivity contribution < 1.29 is 4.79 Å². The summed E-state index contributed by atoms with van der Waals surface area (Å²) in [7, 11) is 0. The van der Waals surface area contributed by atoms with Crippen molar-refractivity contribution in [3.63, 3.8) is 0 Å². The van der Waals surface area contributed by atoms with Crippen molar-refractivity contribution in [1.29, 1.82) is 0 Å². The first-order chi connectivity index (χ1) is 8.49. The van der Waals surface area contributed by atoms with Crippen LogP contribution in [0.15, 0.2) is 36.4 Å². The molecule has 2 aromatic rings. The van der Waals surface area contributed by atoms with Crippen molar-refractivity contribution in [2.45, 2.75) is 6.92 Å². The first-order valence-corrected chi connectivity index (χ1v) is 6.38. The van der Waals surface area contributed by atoms with Crippen LogP contribution in [0.2, 0.25) is 15.1 Å². The van der Waals surface area contributed by atoms with E-state index in [4.69, 9.17) is 34.8 Å². The molecule has 2 aromatic carbocycles. The largest absolute Gasteiger partial charge is 0.289 e. The highest BCUT2D eigenvalue weighted by molar-refractivity contribution is 6.36. The molecule has 0 aromatic heterocycles. The first kappa shape index (κ1) is 13.4. The van der Waals surface area contributed by atoms with Crippen LogP contribution in [-0.4, -0.2) is 5.78 Å². The van der Waals surface area contributed by atoms with Crippen molar-refractivity contribution in [3.8, 4) is 0 Å². The van der Waals surface area contributed by atoms with Crippen LogP contribution >= 0.6 is 34.8 Å². The van der Waals surface area contributed by atoms with Gasteiger partial charge in [0.25, 0.3) is 0 Å². The summed E-state index contributed by atoms with van der Waals surface area (Å²) in [5.41, 5.74) is 1.79. The SMILES string of the molecule is Cc1c(Cl)cc(Cl)cc1C(=O)c1ccc(Cl)cc1. The average molecular weight is 300 g/mol. The summed E-state index contributed by atoms with van der Waals surface area (Å²) in [6.07, 6.45) is 0. The Labute approximate surface area is 120 Å². The molecule has 4 heteroatoms. The summed E-state index contributed by atoms with van der Waals surface area (Å²) >= 11 is 17.7. The highest BCUT2D eigenvalue weighted by atomic mass is 35.5. The summed E-state index contributed by atoms with van der Waals surface area (Å²) in [6, 6.07) is 9.96. The molecule has 0 bridgehead atoms. The van der Waals surface area contributed by atoms with E-state index in [1.165, 1.54) is 0 Å². The third kappa shape index (κ3) is 2.69. The van der Waals surface area contributed by atoms with E-state index in [1.807, 2.05) is 0 Å². The molecule has 0 atom stereocenters. The first-order valence-electron chi connectivity index (χ1n) is 5.25. The lowest BCUT2D eigenvalue weighted by Crippen LogP contribution is -2.04. The molecule has 0 aliphatic rings. The second-order valence-electron chi connectivity index (χ2n) is 3.90. The van der Waals surface area contributed by atoms with Gasteiger partial charge in [0.2, 0.25) is 0 Å². The predicted octanol–water partition coefficient (Wildman–Crippen LogP) is 5.19. The minimum absolute atomic E-state index is 0.117. The van der Waals surface area contributed by atoms with Gasteiger partial charge in [-0.3, -0.25) is 4.79 Å². The van der Waals surface area contributed by atoms with Gasteiger partial charge in [-0.1, -0.05) is 34.8 Å². The van der Waals surface area contributed by atoms with Crippen molar-refractivity contribution >= 4 is 40.6 Å². The van der Waals surface area contributed by atoms with E-state index < -0.39 is 0 Å². The zero-order valence-corrected chi connectivity index (χ0v) is 11.8. The number of ketones is 1.